The molecule has 0 radical (unpaired) electrons. The molecule has 11 heteroatoms. The van der Waals surface area contributed by atoms with Crippen LogP contribution in [0.2, 0.25) is 0 Å². The molecule has 0 bridgehead atoms. The number of hydrogen-bond acceptors (Lipinski definition) is 7. The number of aromatic nitrogens is 4. The lowest BCUT2D eigenvalue weighted by molar-refractivity contribution is 0.336. The average molecular weight is 457 g/mol. The molecule has 1 saturated carbocycles. The summed E-state index contributed by atoms with van der Waals surface area (Å²) in [5, 5.41) is 14.0. The van der Waals surface area contributed by atoms with Crippen molar-refractivity contribution in [2.75, 3.05) is 36.4 Å². The molecule has 170 valence electrons. The predicted molar refractivity (Wildman–Crippen MR) is 124 cm³/mol. The number of fused-ring (bicyclic) bond motifs is 1. The Hall–Kier alpha value is -2.76. The van der Waals surface area contributed by atoms with E-state index in [0.717, 1.165) is 35.2 Å². The van der Waals surface area contributed by atoms with Crippen molar-refractivity contribution >= 4 is 38.6 Å². The molecule has 0 amide bonds. The first kappa shape index (κ1) is 21.1. The monoisotopic (exact) mass is 456 g/mol. The van der Waals surface area contributed by atoms with Crippen molar-refractivity contribution < 1.29 is 8.42 Å². The minimum Gasteiger partial charge on any atom is -0.369 e. The summed E-state index contributed by atoms with van der Waals surface area (Å²) >= 11 is 0. The Balaban J connectivity index is 1.27. The zero-order valence-corrected chi connectivity index (χ0v) is 18.7. The van der Waals surface area contributed by atoms with Crippen LogP contribution in [0.5, 0.6) is 0 Å². The van der Waals surface area contributed by atoms with E-state index in [4.69, 9.17) is 10.1 Å². The van der Waals surface area contributed by atoms with Gasteiger partial charge in [-0.2, -0.15) is 22.8 Å². The molecule has 3 aromatic rings. The summed E-state index contributed by atoms with van der Waals surface area (Å²) in [4.78, 5) is 11.3. The molecule has 3 heterocycles. The molecule has 1 aliphatic carbocycles. The van der Waals surface area contributed by atoms with Crippen LogP contribution in [0, 0.1) is 0 Å². The van der Waals surface area contributed by atoms with Crippen molar-refractivity contribution in [3.05, 3.63) is 36.7 Å². The van der Waals surface area contributed by atoms with E-state index in [1.165, 1.54) is 23.6 Å². The first-order valence-electron chi connectivity index (χ1n) is 11.1. The lowest BCUT2D eigenvalue weighted by Gasteiger charge is -2.34. The minimum absolute atomic E-state index is 0.390. The van der Waals surface area contributed by atoms with Gasteiger partial charge in [0.25, 0.3) is 10.2 Å². The summed E-state index contributed by atoms with van der Waals surface area (Å²) in [5.74, 6) is 0.546. The van der Waals surface area contributed by atoms with Gasteiger partial charge in [-0.25, -0.2) is 14.8 Å². The third-order valence-corrected chi connectivity index (χ3v) is 7.43. The largest absolute Gasteiger partial charge is 0.369 e. The Morgan fingerprint density at radius 3 is 2.38 bits per heavy atom. The molecule has 5 rings (SSSR count). The quantitative estimate of drug-likeness (QED) is 0.604. The third-order valence-electron chi connectivity index (χ3n) is 6.34. The molecule has 3 N–H and O–H groups in total. The number of nitrogens with one attached hydrogen (secondary N) is 1. The fourth-order valence-electron chi connectivity index (χ4n) is 4.57. The first-order chi connectivity index (χ1) is 15.5. The van der Waals surface area contributed by atoms with E-state index in [2.05, 4.69) is 25.0 Å². The molecule has 10 nitrogen and oxygen atoms in total. The van der Waals surface area contributed by atoms with Gasteiger partial charge in [-0.3, -0.25) is 0 Å². The molecule has 0 spiro atoms. The van der Waals surface area contributed by atoms with Gasteiger partial charge in [-0.1, -0.05) is 19.3 Å². The van der Waals surface area contributed by atoms with Crippen LogP contribution >= 0.6 is 0 Å². The summed E-state index contributed by atoms with van der Waals surface area (Å²) in [7, 11) is -3.62. The molecule has 2 aliphatic rings. The molecule has 2 aromatic heterocycles. The van der Waals surface area contributed by atoms with E-state index in [1.807, 2.05) is 36.7 Å². The number of rotatable bonds is 5. The van der Waals surface area contributed by atoms with Crippen LogP contribution in [0.3, 0.4) is 0 Å². The summed E-state index contributed by atoms with van der Waals surface area (Å²) in [6.45, 7) is 1.99. The number of anilines is 3. The van der Waals surface area contributed by atoms with Crippen LogP contribution < -0.4 is 15.4 Å². The van der Waals surface area contributed by atoms with Gasteiger partial charge in [0, 0.05) is 43.8 Å². The number of hydrogen-bond donors (Lipinski definition) is 2. The highest BCUT2D eigenvalue weighted by Gasteiger charge is 2.24. The fourth-order valence-corrected chi connectivity index (χ4v) is 5.25. The van der Waals surface area contributed by atoms with Crippen molar-refractivity contribution in [1.82, 2.24) is 24.1 Å². The number of benzene rings is 1. The van der Waals surface area contributed by atoms with E-state index in [9.17, 15) is 8.42 Å². The molecular weight excluding hydrogens is 428 g/mol. The zero-order chi connectivity index (χ0) is 22.1. The van der Waals surface area contributed by atoms with E-state index in [1.54, 1.807) is 0 Å². The van der Waals surface area contributed by atoms with Gasteiger partial charge in [0.1, 0.15) is 0 Å². The molecule has 1 saturated heterocycles. The number of nitrogens with zero attached hydrogens (tertiary/aromatic N) is 6. The molecule has 0 atom stereocenters. The van der Waals surface area contributed by atoms with Crippen LogP contribution in [0.25, 0.3) is 11.0 Å². The smallest absolute Gasteiger partial charge is 0.277 e. The maximum atomic E-state index is 11.5. The van der Waals surface area contributed by atoms with Gasteiger partial charge in [-0.05, 0) is 37.1 Å². The van der Waals surface area contributed by atoms with Crippen molar-refractivity contribution in [2.24, 2.45) is 5.14 Å². The lowest BCUT2D eigenvalue weighted by Crippen LogP contribution is -2.50. The predicted octanol–water partition coefficient (Wildman–Crippen LogP) is 2.40. The second kappa shape index (κ2) is 8.64. The van der Waals surface area contributed by atoms with E-state index < -0.39 is 10.2 Å². The second-order valence-corrected chi connectivity index (χ2v) is 10.0. The van der Waals surface area contributed by atoms with Gasteiger partial charge in [-0.15, -0.1) is 0 Å². The van der Waals surface area contributed by atoms with Crippen LogP contribution in [0.1, 0.15) is 38.1 Å². The fraction of sp³-hybridized carbons (Fsp3) is 0.476. The van der Waals surface area contributed by atoms with Gasteiger partial charge in [0.15, 0.2) is 5.65 Å². The van der Waals surface area contributed by atoms with Crippen molar-refractivity contribution in [3.63, 3.8) is 0 Å². The van der Waals surface area contributed by atoms with Crippen molar-refractivity contribution in [2.45, 2.75) is 38.1 Å². The summed E-state index contributed by atoms with van der Waals surface area (Å²) in [5.41, 5.74) is 2.80. The van der Waals surface area contributed by atoms with Gasteiger partial charge < -0.3 is 10.2 Å². The second-order valence-electron chi connectivity index (χ2n) is 8.46. The first-order valence-corrected chi connectivity index (χ1v) is 12.6. The summed E-state index contributed by atoms with van der Waals surface area (Å²) in [6.07, 6.45) is 9.74. The van der Waals surface area contributed by atoms with Crippen LogP contribution in [-0.4, -0.2) is 58.7 Å². The SMILES string of the molecule is NS(=O)(=O)N1CCN(c2ccc(Nc3ncc4cnn(C5CCCCC5)c4n3)cc2)CC1. The highest BCUT2D eigenvalue weighted by atomic mass is 32.2. The maximum Gasteiger partial charge on any atom is 0.277 e. The molecule has 1 aromatic carbocycles. The number of piperazine rings is 1. The maximum absolute atomic E-state index is 11.5. The van der Waals surface area contributed by atoms with Crippen LogP contribution in [-0.2, 0) is 10.2 Å². The van der Waals surface area contributed by atoms with Gasteiger partial charge in [0.2, 0.25) is 5.95 Å². The minimum atomic E-state index is -3.62. The standard InChI is InChI=1S/C21H28N8O2S/c22-32(30,31)28-12-10-27(11-13-28)18-8-6-17(7-9-18)25-21-23-14-16-15-24-29(20(16)26-21)19-4-2-1-3-5-19/h6-9,14-15,19H,1-5,10-13H2,(H2,22,30,31)(H,23,25,26). The third kappa shape index (κ3) is 4.41. The van der Waals surface area contributed by atoms with E-state index in [0.29, 0.717) is 38.2 Å². The van der Waals surface area contributed by atoms with Crippen molar-refractivity contribution in [3.8, 4) is 0 Å². The molecule has 1 aliphatic heterocycles. The van der Waals surface area contributed by atoms with Crippen LogP contribution in [0.15, 0.2) is 36.7 Å². The highest BCUT2D eigenvalue weighted by Crippen LogP contribution is 2.30. The Morgan fingerprint density at radius 2 is 1.69 bits per heavy atom. The van der Waals surface area contributed by atoms with E-state index in [-0.39, 0.29) is 0 Å². The summed E-state index contributed by atoms with van der Waals surface area (Å²) < 4.78 is 26.3. The number of nitrogens with two attached hydrogens (primary N) is 1. The topological polar surface area (TPSA) is 122 Å². The Morgan fingerprint density at radius 1 is 0.969 bits per heavy atom. The molecule has 2 fully saturated rings. The average Bonchev–Trinajstić information content (AvgIpc) is 3.23. The molecule has 32 heavy (non-hydrogen) atoms. The lowest BCUT2D eigenvalue weighted by atomic mass is 9.96. The van der Waals surface area contributed by atoms with Crippen LogP contribution in [0.4, 0.5) is 17.3 Å². The molecular formula is C21H28N8O2S. The van der Waals surface area contributed by atoms with E-state index >= 15 is 0 Å². The Labute approximate surface area is 187 Å². The zero-order valence-electron chi connectivity index (χ0n) is 17.9. The Kier molecular flexibility index (Phi) is 5.70. The summed E-state index contributed by atoms with van der Waals surface area (Å²) in [6, 6.07) is 8.40. The van der Waals surface area contributed by atoms with Crippen molar-refractivity contribution in [1.29, 1.82) is 0 Å². The Bertz CT molecular complexity index is 1180. The normalized spacial score (nSPS) is 18.8. The van der Waals surface area contributed by atoms with Gasteiger partial charge >= 0.3 is 0 Å². The molecule has 0 unspecified atom stereocenters. The van der Waals surface area contributed by atoms with Gasteiger partial charge in [0.05, 0.1) is 17.6 Å². The highest BCUT2D eigenvalue weighted by molar-refractivity contribution is 7.86.